The molecule has 2 aromatic heterocycles. The van der Waals surface area contributed by atoms with E-state index in [1.165, 1.54) is 0 Å². The average molecular weight is 328 g/mol. The highest BCUT2D eigenvalue weighted by molar-refractivity contribution is 6.03. The number of nitrogens with one attached hydrogen (secondary N) is 1. The Bertz CT molecular complexity index is 1040. The second kappa shape index (κ2) is 6.20. The zero-order chi connectivity index (χ0) is 17.2. The van der Waals surface area contributed by atoms with Gasteiger partial charge in [-0.3, -0.25) is 4.79 Å². The molecule has 5 heteroatoms. The van der Waals surface area contributed by atoms with E-state index in [1.807, 2.05) is 73.7 Å². The van der Waals surface area contributed by atoms with Gasteiger partial charge < -0.3 is 5.32 Å². The van der Waals surface area contributed by atoms with Crippen LogP contribution in [0.1, 0.15) is 16.2 Å². The van der Waals surface area contributed by atoms with Crippen molar-refractivity contribution in [3.8, 4) is 11.3 Å². The molecular formula is C20H16N4O. The maximum absolute atomic E-state index is 12.4. The quantitative estimate of drug-likeness (QED) is 0.619. The second-order valence-corrected chi connectivity index (χ2v) is 5.77. The summed E-state index contributed by atoms with van der Waals surface area (Å²) in [6.45, 7) is 1.95. The van der Waals surface area contributed by atoms with Gasteiger partial charge in [0, 0.05) is 23.0 Å². The topological polar surface area (TPSA) is 59.3 Å². The minimum Gasteiger partial charge on any atom is -0.321 e. The minimum absolute atomic E-state index is 0.252. The molecule has 122 valence electrons. The van der Waals surface area contributed by atoms with Crippen LogP contribution in [0.5, 0.6) is 0 Å². The molecule has 4 aromatic rings. The van der Waals surface area contributed by atoms with Crippen LogP contribution < -0.4 is 5.32 Å². The summed E-state index contributed by atoms with van der Waals surface area (Å²) < 4.78 is 1.69. The Labute approximate surface area is 145 Å². The van der Waals surface area contributed by atoms with Crippen molar-refractivity contribution >= 4 is 17.2 Å². The van der Waals surface area contributed by atoms with Gasteiger partial charge in [0.15, 0.2) is 11.3 Å². The lowest BCUT2D eigenvalue weighted by atomic mass is 10.1. The van der Waals surface area contributed by atoms with E-state index < -0.39 is 0 Å². The molecule has 0 bridgehead atoms. The molecule has 5 nitrogen and oxygen atoms in total. The van der Waals surface area contributed by atoms with Gasteiger partial charge in [0.25, 0.3) is 5.91 Å². The van der Waals surface area contributed by atoms with Crippen molar-refractivity contribution in [3.63, 3.8) is 0 Å². The largest absolute Gasteiger partial charge is 0.321 e. The SMILES string of the molecule is Cc1cc(-c2ccccc2)nc2cc(C(=O)Nc3ccccc3)nn12. The number of hydrogen-bond acceptors (Lipinski definition) is 3. The number of amides is 1. The fourth-order valence-electron chi connectivity index (χ4n) is 2.71. The normalized spacial score (nSPS) is 10.8. The van der Waals surface area contributed by atoms with Crippen LogP contribution in [0.25, 0.3) is 16.9 Å². The number of aryl methyl sites for hydroxylation is 1. The molecule has 0 saturated carbocycles. The monoisotopic (exact) mass is 328 g/mol. The van der Waals surface area contributed by atoms with Gasteiger partial charge in [0.05, 0.1) is 5.69 Å². The summed E-state index contributed by atoms with van der Waals surface area (Å²) in [6.07, 6.45) is 0. The van der Waals surface area contributed by atoms with Crippen molar-refractivity contribution in [1.82, 2.24) is 14.6 Å². The van der Waals surface area contributed by atoms with Crippen molar-refractivity contribution < 1.29 is 4.79 Å². The lowest BCUT2D eigenvalue weighted by Crippen LogP contribution is -2.12. The number of para-hydroxylation sites is 1. The third-order valence-electron chi connectivity index (χ3n) is 3.94. The first-order valence-electron chi connectivity index (χ1n) is 8.00. The molecule has 0 saturated heterocycles. The van der Waals surface area contributed by atoms with E-state index in [0.29, 0.717) is 11.3 Å². The lowest BCUT2D eigenvalue weighted by Gasteiger charge is -2.04. The van der Waals surface area contributed by atoms with Crippen LogP contribution in [-0.4, -0.2) is 20.5 Å². The molecule has 0 spiro atoms. The molecule has 0 aliphatic heterocycles. The smallest absolute Gasteiger partial charge is 0.276 e. The van der Waals surface area contributed by atoms with E-state index in [1.54, 1.807) is 10.6 Å². The van der Waals surface area contributed by atoms with E-state index in [0.717, 1.165) is 22.6 Å². The van der Waals surface area contributed by atoms with Gasteiger partial charge >= 0.3 is 0 Å². The van der Waals surface area contributed by atoms with Crippen LogP contribution in [0.15, 0.2) is 72.8 Å². The van der Waals surface area contributed by atoms with Crippen molar-refractivity contribution in [2.75, 3.05) is 5.32 Å². The number of rotatable bonds is 3. The Hall–Kier alpha value is -3.47. The van der Waals surface area contributed by atoms with E-state index in [4.69, 9.17) is 0 Å². The van der Waals surface area contributed by atoms with Crippen LogP contribution in [0.3, 0.4) is 0 Å². The zero-order valence-corrected chi connectivity index (χ0v) is 13.7. The number of carbonyl (C=O) groups excluding carboxylic acids is 1. The van der Waals surface area contributed by atoms with Crippen LogP contribution in [0, 0.1) is 6.92 Å². The Morgan fingerprint density at radius 2 is 1.64 bits per heavy atom. The van der Waals surface area contributed by atoms with E-state index in [-0.39, 0.29) is 5.91 Å². The predicted octanol–water partition coefficient (Wildman–Crippen LogP) is 3.96. The summed E-state index contributed by atoms with van der Waals surface area (Å²) in [5, 5.41) is 7.23. The summed E-state index contributed by atoms with van der Waals surface area (Å²) in [5.74, 6) is -0.252. The molecule has 4 rings (SSSR count). The first kappa shape index (κ1) is 15.1. The third-order valence-corrected chi connectivity index (χ3v) is 3.94. The summed E-state index contributed by atoms with van der Waals surface area (Å²) in [4.78, 5) is 17.1. The first-order valence-corrected chi connectivity index (χ1v) is 8.00. The molecule has 0 unspecified atom stereocenters. The fraction of sp³-hybridized carbons (Fsp3) is 0.0500. The van der Waals surface area contributed by atoms with Gasteiger partial charge in [-0.2, -0.15) is 5.10 Å². The van der Waals surface area contributed by atoms with Crippen molar-refractivity contribution in [2.24, 2.45) is 0 Å². The molecule has 0 fully saturated rings. The summed E-state index contributed by atoms with van der Waals surface area (Å²) >= 11 is 0. The standard InChI is InChI=1S/C20H16N4O/c1-14-12-17(15-8-4-2-5-9-15)22-19-13-18(23-24(14)19)20(25)21-16-10-6-3-7-11-16/h2-13H,1H3,(H,21,25). The van der Waals surface area contributed by atoms with Gasteiger partial charge in [-0.05, 0) is 25.1 Å². The highest BCUT2D eigenvalue weighted by Gasteiger charge is 2.14. The summed E-state index contributed by atoms with van der Waals surface area (Å²) in [7, 11) is 0. The van der Waals surface area contributed by atoms with Crippen LogP contribution in [-0.2, 0) is 0 Å². The van der Waals surface area contributed by atoms with Crippen LogP contribution >= 0.6 is 0 Å². The van der Waals surface area contributed by atoms with Gasteiger partial charge in [-0.15, -0.1) is 0 Å². The Kier molecular flexibility index (Phi) is 3.74. The maximum Gasteiger partial charge on any atom is 0.276 e. The first-order chi connectivity index (χ1) is 12.2. The Morgan fingerprint density at radius 3 is 2.36 bits per heavy atom. The number of aromatic nitrogens is 3. The minimum atomic E-state index is -0.252. The summed E-state index contributed by atoms with van der Waals surface area (Å²) in [6, 6.07) is 22.9. The van der Waals surface area contributed by atoms with Gasteiger partial charge in [-0.25, -0.2) is 9.50 Å². The molecule has 2 heterocycles. The second-order valence-electron chi connectivity index (χ2n) is 5.77. The highest BCUT2D eigenvalue weighted by atomic mass is 16.1. The molecule has 25 heavy (non-hydrogen) atoms. The molecule has 2 aromatic carbocycles. The van der Waals surface area contributed by atoms with Crippen LogP contribution in [0.4, 0.5) is 5.69 Å². The number of hydrogen-bond donors (Lipinski definition) is 1. The molecule has 0 atom stereocenters. The Balaban J connectivity index is 1.70. The van der Waals surface area contributed by atoms with Crippen molar-refractivity contribution in [2.45, 2.75) is 6.92 Å². The number of benzene rings is 2. The fourth-order valence-corrected chi connectivity index (χ4v) is 2.71. The number of anilines is 1. The molecule has 1 N–H and O–H groups in total. The molecule has 0 radical (unpaired) electrons. The molecular weight excluding hydrogens is 312 g/mol. The van der Waals surface area contributed by atoms with E-state index >= 15 is 0 Å². The summed E-state index contributed by atoms with van der Waals surface area (Å²) in [5.41, 5.74) is 4.54. The Morgan fingerprint density at radius 1 is 0.960 bits per heavy atom. The molecule has 0 aliphatic carbocycles. The molecule has 1 amide bonds. The third kappa shape index (κ3) is 2.99. The number of nitrogens with zero attached hydrogens (tertiary/aromatic N) is 3. The number of fused-ring (bicyclic) bond motifs is 1. The van der Waals surface area contributed by atoms with Gasteiger partial charge in [0.2, 0.25) is 0 Å². The van der Waals surface area contributed by atoms with Crippen molar-refractivity contribution in [3.05, 3.63) is 84.2 Å². The number of carbonyl (C=O) groups is 1. The average Bonchev–Trinajstić information content (AvgIpc) is 3.08. The van der Waals surface area contributed by atoms with Gasteiger partial charge in [0.1, 0.15) is 0 Å². The van der Waals surface area contributed by atoms with E-state index in [9.17, 15) is 4.79 Å². The molecule has 0 aliphatic rings. The van der Waals surface area contributed by atoms with Crippen LogP contribution in [0.2, 0.25) is 0 Å². The highest BCUT2D eigenvalue weighted by Crippen LogP contribution is 2.20. The maximum atomic E-state index is 12.4. The predicted molar refractivity (Wildman–Crippen MR) is 97.6 cm³/mol. The lowest BCUT2D eigenvalue weighted by molar-refractivity contribution is 0.102. The zero-order valence-electron chi connectivity index (χ0n) is 13.7. The van der Waals surface area contributed by atoms with Gasteiger partial charge in [-0.1, -0.05) is 48.5 Å². The van der Waals surface area contributed by atoms with E-state index in [2.05, 4.69) is 15.4 Å². The van der Waals surface area contributed by atoms with Crippen molar-refractivity contribution in [1.29, 1.82) is 0 Å².